The third-order valence-corrected chi connectivity index (χ3v) is 3.86. The molecule has 3 unspecified atom stereocenters. The Balaban J connectivity index is 1.90. The lowest BCUT2D eigenvalue weighted by molar-refractivity contribution is 0.259. The topological polar surface area (TPSA) is 29.3 Å². The van der Waals surface area contributed by atoms with E-state index in [4.69, 9.17) is 17.3 Å². The van der Waals surface area contributed by atoms with E-state index >= 15 is 0 Å². The molecule has 0 aromatic rings. The molecule has 2 nitrogen and oxygen atoms in total. The van der Waals surface area contributed by atoms with E-state index in [1.54, 1.807) is 5.54 Å². The molecule has 2 N–H and O–H groups in total. The summed E-state index contributed by atoms with van der Waals surface area (Å²) in [5, 5.41) is 0. The summed E-state index contributed by atoms with van der Waals surface area (Å²) in [6.45, 7) is 3.38. The summed E-state index contributed by atoms with van der Waals surface area (Å²) in [5.41, 5.74) is 7.75. The Morgan fingerprint density at radius 1 is 1.36 bits per heavy atom. The number of nitrogens with two attached hydrogens (primary N) is 1. The van der Waals surface area contributed by atoms with Crippen LogP contribution in [0.3, 0.4) is 0 Å². The van der Waals surface area contributed by atoms with Crippen LogP contribution in [0.1, 0.15) is 19.3 Å². The van der Waals surface area contributed by atoms with Gasteiger partial charge in [0, 0.05) is 31.2 Å². The number of likely N-dealkylation sites (tertiary alicyclic amines) is 1. The Morgan fingerprint density at radius 2 is 2.21 bits per heavy atom. The minimum atomic E-state index is 0.443. The summed E-state index contributed by atoms with van der Waals surface area (Å²) < 4.78 is 0. The van der Waals surface area contributed by atoms with Crippen LogP contribution in [-0.4, -0.2) is 30.6 Å². The van der Waals surface area contributed by atoms with Crippen LogP contribution in [0.25, 0.3) is 0 Å². The summed E-state index contributed by atoms with van der Waals surface area (Å²) >= 11 is 5.53. The number of nitrogens with zero attached hydrogens (tertiary/aromatic N) is 1. The van der Waals surface area contributed by atoms with Gasteiger partial charge >= 0.3 is 0 Å². The van der Waals surface area contributed by atoms with Crippen molar-refractivity contribution in [1.29, 1.82) is 0 Å². The fourth-order valence-corrected chi connectivity index (χ4v) is 3.03. The third-order valence-electron chi connectivity index (χ3n) is 3.68. The average molecular weight is 215 g/mol. The van der Waals surface area contributed by atoms with Gasteiger partial charge < -0.3 is 5.73 Å². The molecule has 80 valence electrons. The maximum absolute atomic E-state index is 6.14. The van der Waals surface area contributed by atoms with E-state index in [2.05, 4.69) is 4.90 Å². The summed E-state index contributed by atoms with van der Waals surface area (Å²) in [4.78, 5) is 2.47. The minimum absolute atomic E-state index is 0.443. The van der Waals surface area contributed by atoms with E-state index in [0.29, 0.717) is 6.04 Å². The predicted molar refractivity (Wildman–Crippen MR) is 60.2 cm³/mol. The van der Waals surface area contributed by atoms with Crippen LogP contribution in [0.2, 0.25) is 0 Å². The second-order valence-electron chi connectivity index (χ2n) is 4.60. The quantitative estimate of drug-likeness (QED) is 0.760. The fourth-order valence-electron chi connectivity index (χ4n) is 2.95. The molecule has 3 heteroatoms. The molecule has 3 atom stereocenters. The molecule has 2 fully saturated rings. The predicted octanol–water partition coefficient (Wildman–Crippen LogP) is 1.80. The molecule has 0 aromatic heterocycles. The number of fused-ring (bicyclic) bond motifs is 1. The molecule has 14 heavy (non-hydrogen) atoms. The van der Waals surface area contributed by atoms with E-state index in [0.717, 1.165) is 18.4 Å². The average Bonchev–Trinajstić information content (AvgIpc) is 2.59. The molecular formula is C11H19ClN2. The lowest BCUT2D eigenvalue weighted by atomic mass is 9.78. The van der Waals surface area contributed by atoms with Gasteiger partial charge in [-0.05, 0) is 24.7 Å². The first-order chi connectivity index (χ1) is 6.81. The molecule has 0 spiro atoms. The number of rotatable bonds is 2. The molecule has 2 rings (SSSR count). The van der Waals surface area contributed by atoms with Gasteiger partial charge in [0.2, 0.25) is 0 Å². The second-order valence-corrected chi connectivity index (χ2v) is 4.85. The monoisotopic (exact) mass is 214 g/mol. The largest absolute Gasteiger partial charge is 0.327 e. The van der Waals surface area contributed by atoms with Gasteiger partial charge in [-0.3, -0.25) is 4.90 Å². The molecule has 1 aliphatic heterocycles. The zero-order chi connectivity index (χ0) is 9.97. The van der Waals surface area contributed by atoms with E-state index in [-0.39, 0.29) is 0 Å². The summed E-state index contributed by atoms with van der Waals surface area (Å²) in [5.74, 6) is 1.59. The Morgan fingerprint density at radius 3 is 2.93 bits per heavy atom. The van der Waals surface area contributed by atoms with Crippen molar-refractivity contribution in [3.05, 3.63) is 11.6 Å². The highest BCUT2D eigenvalue weighted by molar-refractivity contribution is 6.25. The minimum Gasteiger partial charge on any atom is -0.327 e. The normalized spacial score (nSPS) is 39.1. The summed E-state index contributed by atoms with van der Waals surface area (Å²) in [6, 6.07) is 0.443. The molecule has 1 saturated carbocycles. The van der Waals surface area contributed by atoms with Crippen LogP contribution >= 0.6 is 11.6 Å². The molecule has 1 saturated heterocycles. The molecule has 0 bridgehead atoms. The van der Waals surface area contributed by atoms with Crippen molar-refractivity contribution in [3.63, 3.8) is 0 Å². The van der Waals surface area contributed by atoms with Crippen molar-refractivity contribution in [3.8, 4) is 0 Å². The van der Waals surface area contributed by atoms with Gasteiger partial charge in [0.15, 0.2) is 0 Å². The smallest absolute Gasteiger partial charge is 0.0175 e. The first kappa shape index (κ1) is 10.5. The Bertz CT molecular complexity index is 217. The number of halogens is 1. The van der Waals surface area contributed by atoms with Gasteiger partial charge in [0.1, 0.15) is 0 Å². The maximum atomic E-state index is 6.14. The van der Waals surface area contributed by atoms with Gasteiger partial charge in [-0.2, -0.15) is 0 Å². The van der Waals surface area contributed by atoms with E-state index in [1.807, 2.05) is 6.08 Å². The maximum Gasteiger partial charge on any atom is 0.0175 e. The van der Waals surface area contributed by atoms with Crippen molar-refractivity contribution in [2.45, 2.75) is 25.3 Å². The molecule has 0 aromatic carbocycles. The van der Waals surface area contributed by atoms with Crippen molar-refractivity contribution in [1.82, 2.24) is 4.90 Å². The summed E-state index contributed by atoms with van der Waals surface area (Å²) in [7, 11) is 0. The Kier molecular flexibility index (Phi) is 3.47. The van der Waals surface area contributed by atoms with Gasteiger partial charge in [-0.25, -0.2) is 0 Å². The van der Waals surface area contributed by atoms with E-state index in [1.165, 1.54) is 32.4 Å². The highest BCUT2D eigenvalue weighted by atomic mass is 35.5. The van der Waals surface area contributed by atoms with Crippen molar-refractivity contribution in [2.24, 2.45) is 17.6 Å². The molecular weight excluding hydrogens is 196 g/mol. The van der Waals surface area contributed by atoms with Gasteiger partial charge in [0.25, 0.3) is 0 Å². The van der Waals surface area contributed by atoms with Gasteiger partial charge in [-0.1, -0.05) is 24.1 Å². The van der Waals surface area contributed by atoms with Crippen LogP contribution in [0.15, 0.2) is 11.6 Å². The van der Waals surface area contributed by atoms with Crippen molar-refractivity contribution in [2.75, 3.05) is 19.6 Å². The lowest BCUT2D eigenvalue weighted by Gasteiger charge is -2.29. The second kappa shape index (κ2) is 4.65. The van der Waals surface area contributed by atoms with Crippen LogP contribution in [0.4, 0.5) is 0 Å². The highest BCUT2D eigenvalue weighted by Crippen LogP contribution is 2.35. The highest BCUT2D eigenvalue weighted by Gasteiger charge is 2.37. The van der Waals surface area contributed by atoms with E-state index in [9.17, 15) is 0 Å². The lowest BCUT2D eigenvalue weighted by Crippen LogP contribution is -2.38. The SMILES string of the molecule is NC1CCCC2CN(C/C=C/Cl)CC12. The standard InChI is InChI=1S/C11H19ClN2/c12-5-2-6-14-7-9-3-1-4-11(13)10(9)8-14/h2,5,9-11H,1,3-4,6-8,13H2/b5-2+. The summed E-state index contributed by atoms with van der Waals surface area (Å²) in [6.07, 6.45) is 5.94. The molecule has 1 aliphatic carbocycles. The first-order valence-electron chi connectivity index (χ1n) is 5.54. The van der Waals surface area contributed by atoms with Gasteiger partial charge in [-0.15, -0.1) is 0 Å². The van der Waals surface area contributed by atoms with Crippen LogP contribution < -0.4 is 5.73 Å². The molecule has 0 radical (unpaired) electrons. The Hall–Kier alpha value is -0.0500. The third kappa shape index (κ3) is 2.13. The van der Waals surface area contributed by atoms with Crippen LogP contribution in [0, 0.1) is 11.8 Å². The Labute approximate surface area is 91.1 Å². The fraction of sp³-hybridized carbons (Fsp3) is 0.818. The molecule has 2 aliphatic rings. The molecule has 1 heterocycles. The van der Waals surface area contributed by atoms with Crippen molar-refractivity contribution >= 4 is 11.6 Å². The number of hydrogen-bond donors (Lipinski definition) is 1. The van der Waals surface area contributed by atoms with Gasteiger partial charge in [0.05, 0.1) is 0 Å². The van der Waals surface area contributed by atoms with Crippen LogP contribution in [0.5, 0.6) is 0 Å². The molecule has 0 amide bonds. The van der Waals surface area contributed by atoms with Crippen molar-refractivity contribution < 1.29 is 0 Å². The number of hydrogen-bond acceptors (Lipinski definition) is 2. The van der Waals surface area contributed by atoms with Crippen LogP contribution in [-0.2, 0) is 0 Å². The van der Waals surface area contributed by atoms with E-state index < -0.39 is 0 Å². The zero-order valence-electron chi connectivity index (χ0n) is 8.53. The zero-order valence-corrected chi connectivity index (χ0v) is 9.29. The first-order valence-corrected chi connectivity index (χ1v) is 5.98.